The van der Waals surface area contributed by atoms with Crippen molar-refractivity contribution >= 4 is 40.9 Å². The van der Waals surface area contributed by atoms with Crippen LogP contribution in [0.1, 0.15) is 26.7 Å². The molecular formula is C17H21Cl2N5OS. The molecule has 0 bridgehead atoms. The first-order valence-corrected chi connectivity index (χ1v) is 10.1. The van der Waals surface area contributed by atoms with Gasteiger partial charge >= 0.3 is 0 Å². The molecule has 0 aliphatic carbocycles. The van der Waals surface area contributed by atoms with E-state index in [0.717, 1.165) is 25.9 Å². The largest absolute Gasteiger partial charge is 0.342 e. The molecule has 6 nitrogen and oxygen atoms in total. The second-order valence-corrected chi connectivity index (χ2v) is 8.72. The summed E-state index contributed by atoms with van der Waals surface area (Å²) in [5.41, 5.74) is 0.602. The Balaban J connectivity index is 1.74. The first-order chi connectivity index (χ1) is 12.4. The Kier molecular flexibility index (Phi) is 5.99. The second-order valence-electron chi connectivity index (χ2n) is 6.57. The van der Waals surface area contributed by atoms with E-state index >= 15 is 0 Å². The molecule has 1 aromatic carbocycles. The van der Waals surface area contributed by atoms with E-state index in [1.165, 1.54) is 16.4 Å². The molecule has 2 aromatic rings. The number of halogens is 2. The predicted molar refractivity (Wildman–Crippen MR) is 106 cm³/mol. The van der Waals surface area contributed by atoms with Gasteiger partial charge in [-0.25, -0.2) is 4.68 Å². The highest BCUT2D eigenvalue weighted by Gasteiger charge is 2.27. The fourth-order valence-electron chi connectivity index (χ4n) is 2.90. The molecule has 1 saturated heterocycles. The monoisotopic (exact) mass is 413 g/mol. The van der Waals surface area contributed by atoms with Crippen molar-refractivity contribution in [1.82, 2.24) is 19.8 Å². The van der Waals surface area contributed by atoms with Gasteiger partial charge in [0.1, 0.15) is 0 Å². The zero-order valence-corrected chi connectivity index (χ0v) is 17.0. The Morgan fingerprint density at radius 2 is 2.00 bits per heavy atom. The van der Waals surface area contributed by atoms with Gasteiger partial charge in [0.25, 0.3) is 0 Å². The number of piperidine rings is 1. The highest BCUT2D eigenvalue weighted by molar-refractivity contribution is 8.00. The van der Waals surface area contributed by atoms with E-state index in [1.54, 1.807) is 18.2 Å². The van der Waals surface area contributed by atoms with Crippen LogP contribution >= 0.6 is 35.0 Å². The number of amides is 1. The summed E-state index contributed by atoms with van der Waals surface area (Å²) in [5.74, 6) is 7.34. The van der Waals surface area contributed by atoms with Crippen molar-refractivity contribution < 1.29 is 4.79 Å². The fraction of sp³-hybridized carbons (Fsp3) is 0.471. The van der Waals surface area contributed by atoms with E-state index in [9.17, 15) is 4.79 Å². The summed E-state index contributed by atoms with van der Waals surface area (Å²) in [4.78, 5) is 14.6. The van der Waals surface area contributed by atoms with Crippen LogP contribution in [0.5, 0.6) is 0 Å². The molecule has 9 heteroatoms. The standard InChI is InChI=1S/C17H21Cl2N5OS/c1-10-5-7-23(8-6-10)16(25)11(2)26-17-22-21-15(24(17)20)13-9-12(18)3-4-14(13)19/h3-4,9-11H,5-8,20H2,1-2H3. The number of rotatable bonds is 4. The van der Waals surface area contributed by atoms with Gasteiger partial charge in [0, 0.05) is 23.7 Å². The number of nitrogens with zero attached hydrogens (tertiary/aromatic N) is 4. The molecule has 1 aliphatic heterocycles. The average Bonchev–Trinajstić information content (AvgIpc) is 2.97. The predicted octanol–water partition coefficient (Wildman–Crippen LogP) is 3.70. The number of likely N-dealkylation sites (tertiary alicyclic amines) is 1. The Morgan fingerprint density at radius 3 is 2.69 bits per heavy atom. The van der Waals surface area contributed by atoms with Crippen LogP contribution in [0, 0.1) is 5.92 Å². The average molecular weight is 414 g/mol. The zero-order valence-electron chi connectivity index (χ0n) is 14.7. The van der Waals surface area contributed by atoms with Gasteiger partial charge in [-0.2, -0.15) is 0 Å². The molecule has 0 radical (unpaired) electrons. The number of carbonyl (C=O) groups excluding carboxylic acids is 1. The second kappa shape index (κ2) is 8.06. The first-order valence-electron chi connectivity index (χ1n) is 8.48. The molecule has 3 rings (SSSR count). The smallest absolute Gasteiger partial charge is 0.235 e. The Bertz CT molecular complexity index is 804. The van der Waals surface area contributed by atoms with Crippen LogP contribution < -0.4 is 5.84 Å². The van der Waals surface area contributed by atoms with Crippen molar-refractivity contribution in [3.05, 3.63) is 28.2 Å². The maximum absolute atomic E-state index is 12.7. The van der Waals surface area contributed by atoms with Gasteiger partial charge in [-0.3, -0.25) is 4.79 Å². The van der Waals surface area contributed by atoms with Crippen LogP contribution in [0.3, 0.4) is 0 Å². The number of nitrogen functional groups attached to an aromatic ring is 1. The maximum atomic E-state index is 12.7. The maximum Gasteiger partial charge on any atom is 0.235 e. The lowest BCUT2D eigenvalue weighted by Gasteiger charge is -2.31. The van der Waals surface area contributed by atoms with E-state index in [-0.39, 0.29) is 11.2 Å². The third-order valence-corrected chi connectivity index (χ3v) is 6.17. The summed E-state index contributed by atoms with van der Waals surface area (Å²) in [7, 11) is 0. The molecule has 1 amide bonds. The minimum absolute atomic E-state index is 0.104. The highest BCUT2D eigenvalue weighted by atomic mass is 35.5. The quantitative estimate of drug-likeness (QED) is 0.610. The molecule has 1 aliphatic rings. The summed E-state index contributed by atoms with van der Waals surface area (Å²) in [5, 5.41) is 9.42. The number of nitrogens with two attached hydrogens (primary N) is 1. The van der Waals surface area contributed by atoms with Gasteiger partial charge in [-0.05, 0) is 43.9 Å². The molecule has 140 valence electrons. The molecule has 0 saturated carbocycles. The zero-order chi connectivity index (χ0) is 18.8. The van der Waals surface area contributed by atoms with E-state index in [2.05, 4.69) is 17.1 Å². The van der Waals surface area contributed by atoms with Crippen LogP contribution in [-0.2, 0) is 4.79 Å². The molecule has 1 fully saturated rings. The van der Waals surface area contributed by atoms with E-state index < -0.39 is 0 Å². The molecule has 0 spiro atoms. The number of carbonyl (C=O) groups is 1. The first kappa shape index (κ1) is 19.3. The molecule has 1 aromatic heterocycles. The Labute approximate surface area is 167 Å². The van der Waals surface area contributed by atoms with Gasteiger partial charge in [0.2, 0.25) is 11.1 Å². The van der Waals surface area contributed by atoms with Gasteiger partial charge in [-0.1, -0.05) is 41.9 Å². The molecule has 2 heterocycles. The lowest BCUT2D eigenvalue weighted by molar-refractivity contribution is -0.131. The normalized spacial score (nSPS) is 16.7. The summed E-state index contributed by atoms with van der Waals surface area (Å²) >= 11 is 13.5. The van der Waals surface area contributed by atoms with Crippen LogP contribution in [0.2, 0.25) is 10.0 Å². The molecule has 1 unspecified atom stereocenters. The lowest BCUT2D eigenvalue weighted by atomic mass is 9.99. The van der Waals surface area contributed by atoms with Crippen LogP contribution in [0.4, 0.5) is 0 Å². The van der Waals surface area contributed by atoms with Crippen molar-refractivity contribution in [2.24, 2.45) is 5.92 Å². The summed E-state index contributed by atoms with van der Waals surface area (Å²) in [6, 6.07) is 5.07. The van der Waals surface area contributed by atoms with E-state index in [0.29, 0.717) is 32.5 Å². The van der Waals surface area contributed by atoms with Crippen molar-refractivity contribution in [3.63, 3.8) is 0 Å². The summed E-state index contributed by atoms with van der Waals surface area (Å²) in [6.45, 7) is 5.71. The van der Waals surface area contributed by atoms with Gasteiger partial charge < -0.3 is 10.7 Å². The fourth-order valence-corrected chi connectivity index (χ4v) is 4.13. The SMILES string of the molecule is CC1CCN(C(=O)C(C)Sc2nnc(-c3cc(Cl)ccc3Cl)n2N)CC1. The summed E-state index contributed by atoms with van der Waals surface area (Å²) < 4.78 is 1.35. The number of thioether (sulfide) groups is 1. The Hall–Kier alpha value is -1.44. The van der Waals surface area contributed by atoms with Gasteiger partial charge in [0.05, 0.1) is 10.3 Å². The van der Waals surface area contributed by atoms with Gasteiger partial charge in [-0.15, -0.1) is 10.2 Å². The van der Waals surface area contributed by atoms with Crippen molar-refractivity contribution in [1.29, 1.82) is 0 Å². The van der Waals surface area contributed by atoms with E-state index in [1.807, 2.05) is 11.8 Å². The van der Waals surface area contributed by atoms with Crippen LogP contribution in [-0.4, -0.2) is 44.0 Å². The third kappa shape index (κ3) is 4.10. The van der Waals surface area contributed by atoms with Crippen LogP contribution in [0.25, 0.3) is 11.4 Å². The highest BCUT2D eigenvalue weighted by Crippen LogP contribution is 2.31. The topological polar surface area (TPSA) is 77.0 Å². The minimum atomic E-state index is -0.294. The van der Waals surface area contributed by atoms with Gasteiger partial charge in [0.15, 0.2) is 5.82 Å². The van der Waals surface area contributed by atoms with Crippen molar-refractivity contribution in [2.45, 2.75) is 37.1 Å². The van der Waals surface area contributed by atoms with Crippen LogP contribution in [0.15, 0.2) is 23.4 Å². The molecule has 1 atom stereocenters. The van der Waals surface area contributed by atoms with Crippen molar-refractivity contribution in [2.75, 3.05) is 18.9 Å². The number of hydrogen-bond acceptors (Lipinski definition) is 5. The number of hydrogen-bond donors (Lipinski definition) is 1. The molecular weight excluding hydrogens is 393 g/mol. The molecule has 26 heavy (non-hydrogen) atoms. The number of benzene rings is 1. The number of aromatic nitrogens is 3. The molecule has 2 N–H and O–H groups in total. The lowest BCUT2D eigenvalue weighted by Crippen LogP contribution is -2.41. The third-order valence-electron chi connectivity index (χ3n) is 4.56. The summed E-state index contributed by atoms with van der Waals surface area (Å²) in [6.07, 6.45) is 2.10. The Morgan fingerprint density at radius 1 is 1.31 bits per heavy atom. The van der Waals surface area contributed by atoms with Crippen molar-refractivity contribution in [3.8, 4) is 11.4 Å². The minimum Gasteiger partial charge on any atom is -0.342 e. The van der Waals surface area contributed by atoms with E-state index in [4.69, 9.17) is 29.0 Å².